The number of hydrogen-bond acceptors (Lipinski definition) is 6. The molecule has 5 rings (SSSR count). The zero-order chi connectivity index (χ0) is 24.1. The monoisotopic (exact) mass is 456 g/mol. The Morgan fingerprint density at radius 3 is 2.32 bits per heavy atom. The molecule has 0 bridgehead atoms. The van der Waals surface area contributed by atoms with Crippen molar-refractivity contribution in [2.45, 2.75) is 26.8 Å². The smallest absolute Gasteiger partial charge is 0.296 e. The third kappa shape index (κ3) is 3.23. The SMILES string of the molecule is COc1ccc(C2c3c(oc4cc(C)c(C)cc4c3=O)C(=O)N2c2ccc(C)cn2)cc1OC. The Labute approximate surface area is 196 Å². The van der Waals surface area contributed by atoms with Crippen LogP contribution in [0.5, 0.6) is 11.5 Å². The summed E-state index contributed by atoms with van der Waals surface area (Å²) < 4.78 is 17.0. The third-order valence-corrected chi connectivity index (χ3v) is 6.35. The van der Waals surface area contributed by atoms with Crippen LogP contribution in [-0.4, -0.2) is 25.1 Å². The lowest BCUT2D eigenvalue weighted by Gasteiger charge is -2.25. The van der Waals surface area contributed by atoms with Crippen molar-refractivity contribution in [3.05, 3.63) is 92.5 Å². The molecule has 0 saturated heterocycles. The molecule has 2 aromatic carbocycles. The fourth-order valence-electron chi connectivity index (χ4n) is 4.41. The van der Waals surface area contributed by atoms with Crippen LogP contribution in [0.1, 0.15) is 44.4 Å². The molecule has 0 fully saturated rings. The van der Waals surface area contributed by atoms with Gasteiger partial charge in [0.2, 0.25) is 5.76 Å². The number of aromatic nitrogens is 1. The summed E-state index contributed by atoms with van der Waals surface area (Å²) in [4.78, 5) is 33.5. The molecule has 34 heavy (non-hydrogen) atoms. The number of carbonyl (C=O) groups excluding carboxylic acids is 1. The second-order valence-electron chi connectivity index (χ2n) is 8.49. The van der Waals surface area contributed by atoms with Gasteiger partial charge in [0, 0.05) is 6.20 Å². The summed E-state index contributed by atoms with van der Waals surface area (Å²) in [5.74, 6) is 1.09. The van der Waals surface area contributed by atoms with Gasteiger partial charge in [-0.1, -0.05) is 12.1 Å². The van der Waals surface area contributed by atoms with Gasteiger partial charge in [0.25, 0.3) is 5.91 Å². The van der Waals surface area contributed by atoms with E-state index in [-0.39, 0.29) is 16.8 Å². The van der Waals surface area contributed by atoms with E-state index in [0.29, 0.717) is 33.8 Å². The predicted molar refractivity (Wildman–Crippen MR) is 129 cm³/mol. The number of rotatable bonds is 4. The van der Waals surface area contributed by atoms with Crippen molar-refractivity contribution in [3.8, 4) is 11.5 Å². The first kappa shape index (κ1) is 21.7. The maximum Gasteiger partial charge on any atom is 0.296 e. The minimum atomic E-state index is -0.736. The number of fused-ring (bicyclic) bond motifs is 2. The van der Waals surface area contributed by atoms with E-state index in [1.165, 1.54) is 4.90 Å². The average molecular weight is 456 g/mol. The van der Waals surface area contributed by atoms with Crippen molar-refractivity contribution in [1.82, 2.24) is 4.98 Å². The first-order chi connectivity index (χ1) is 16.3. The topological polar surface area (TPSA) is 81.9 Å². The van der Waals surface area contributed by atoms with E-state index in [1.54, 1.807) is 44.7 Å². The van der Waals surface area contributed by atoms with E-state index in [9.17, 15) is 9.59 Å². The molecule has 1 amide bonds. The van der Waals surface area contributed by atoms with E-state index in [1.807, 2.05) is 39.0 Å². The highest BCUT2D eigenvalue weighted by Gasteiger charge is 2.44. The van der Waals surface area contributed by atoms with Gasteiger partial charge < -0.3 is 13.9 Å². The largest absolute Gasteiger partial charge is 0.493 e. The molecular formula is C27H24N2O5. The van der Waals surface area contributed by atoms with Crippen LogP contribution in [0.3, 0.4) is 0 Å². The Kier molecular flexibility index (Phi) is 5.12. The highest BCUT2D eigenvalue weighted by atomic mass is 16.5. The minimum absolute atomic E-state index is 0.0305. The third-order valence-electron chi connectivity index (χ3n) is 6.35. The Morgan fingerprint density at radius 2 is 1.65 bits per heavy atom. The van der Waals surface area contributed by atoms with Crippen LogP contribution in [0.2, 0.25) is 0 Å². The van der Waals surface area contributed by atoms with Crippen molar-refractivity contribution >= 4 is 22.7 Å². The lowest BCUT2D eigenvalue weighted by Crippen LogP contribution is -2.30. The van der Waals surface area contributed by atoms with Gasteiger partial charge >= 0.3 is 0 Å². The number of pyridine rings is 1. The molecule has 0 spiro atoms. The fourth-order valence-corrected chi connectivity index (χ4v) is 4.41. The second-order valence-corrected chi connectivity index (χ2v) is 8.49. The van der Waals surface area contributed by atoms with Crippen LogP contribution in [-0.2, 0) is 0 Å². The molecule has 7 heteroatoms. The standard InChI is InChI=1S/C27H24N2O5/c1-14-6-9-22(28-13-14)29-24(17-7-8-19(32-4)21(12-17)33-5)23-25(30)18-10-15(2)16(3)11-20(18)34-26(23)27(29)31/h6-13,24H,1-5H3. The molecule has 172 valence electrons. The number of aryl methyl sites for hydroxylation is 3. The number of hydrogen-bond donors (Lipinski definition) is 0. The van der Waals surface area contributed by atoms with Gasteiger partial charge in [0.05, 0.1) is 31.2 Å². The number of amides is 1. The van der Waals surface area contributed by atoms with E-state index in [4.69, 9.17) is 13.9 Å². The van der Waals surface area contributed by atoms with E-state index in [2.05, 4.69) is 4.98 Å². The number of benzene rings is 2. The first-order valence-electron chi connectivity index (χ1n) is 10.9. The van der Waals surface area contributed by atoms with Crippen molar-refractivity contribution < 1.29 is 18.7 Å². The zero-order valence-corrected chi connectivity index (χ0v) is 19.6. The normalized spacial score (nSPS) is 15.0. The molecule has 1 atom stereocenters. The number of anilines is 1. The highest BCUT2D eigenvalue weighted by molar-refractivity contribution is 6.10. The lowest BCUT2D eigenvalue weighted by molar-refractivity contribution is 0.0970. The van der Waals surface area contributed by atoms with Crippen molar-refractivity contribution in [3.63, 3.8) is 0 Å². The summed E-state index contributed by atoms with van der Waals surface area (Å²) in [6, 6.07) is 11.9. The van der Waals surface area contributed by atoms with Gasteiger partial charge in [-0.15, -0.1) is 0 Å². The highest BCUT2D eigenvalue weighted by Crippen LogP contribution is 2.42. The van der Waals surface area contributed by atoms with E-state index < -0.39 is 11.9 Å². The van der Waals surface area contributed by atoms with Gasteiger partial charge in [-0.25, -0.2) is 4.98 Å². The summed E-state index contributed by atoms with van der Waals surface area (Å²) in [5.41, 5.74) is 4.05. The molecule has 0 saturated carbocycles. The maximum atomic E-state index is 13.8. The molecule has 1 unspecified atom stereocenters. The molecule has 4 aromatic rings. The number of ether oxygens (including phenoxy) is 2. The molecular weight excluding hydrogens is 432 g/mol. The summed E-state index contributed by atoms with van der Waals surface area (Å²) in [6.07, 6.45) is 1.69. The second kappa shape index (κ2) is 8.02. The molecule has 0 aliphatic carbocycles. The fraction of sp³-hybridized carbons (Fsp3) is 0.222. The van der Waals surface area contributed by atoms with Gasteiger partial charge in [-0.3, -0.25) is 14.5 Å². The summed E-state index contributed by atoms with van der Waals surface area (Å²) in [7, 11) is 3.10. The van der Waals surface area contributed by atoms with Crippen LogP contribution in [0.4, 0.5) is 5.82 Å². The van der Waals surface area contributed by atoms with Crippen molar-refractivity contribution in [2.24, 2.45) is 0 Å². The molecule has 7 nitrogen and oxygen atoms in total. The van der Waals surface area contributed by atoms with Crippen molar-refractivity contribution in [1.29, 1.82) is 0 Å². The van der Waals surface area contributed by atoms with Crippen LogP contribution < -0.4 is 19.8 Å². The maximum absolute atomic E-state index is 13.8. The quantitative estimate of drug-likeness (QED) is 0.435. The summed E-state index contributed by atoms with van der Waals surface area (Å²) in [5, 5.41) is 0.443. The summed E-state index contributed by atoms with van der Waals surface area (Å²) >= 11 is 0. The first-order valence-corrected chi connectivity index (χ1v) is 10.9. The lowest BCUT2D eigenvalue weighted by atomic mass is 9.97. The molecule has 0 N–H and O–H groups in total. The van der Waals surface area contributed by atoms with Crippen LogP contribution in [0.25, 0.3) is 11.0 Å². The molecule has 2 aromatic heterocycles. The molecule has 1 aliphatic heterocycles. The number of methoxy groups -OCH3 is 2. The summed E-state index contributed by atoms with van der Waals surface area (Å²) in [6.45, 7) is 5.81. The van der Waals surface area contributed by atoms with Gasteiger partial charge in [-0.05, 0) is 73.4 Å². The average Bonchev–Trinajstić information content (AvgIpc) is 3.13. The van der Waals surface area contributed by atoms with Crippen LogP contribution >= 0.6 is 0 Å². The molecule has 0 radical (unpaired) electrons. The molecule has 1 aliphatic rings. The minimum Gasteiger partial charge on any atom is -0.493 e. The predicted octanol–water partition coefficient (Wildman–Crippen LogP) is 4.88. The van der Waals surface area contributed by atoms with Gasteiger partial charge in [0.1, 0.15) is 11.4 Å². The Bertz CT molecular complexity index is 1500. The van der Waals surface area contributed by atoms with Crippen LogP contribution in [0.15, 0.2) is 57.9 Å². The van der Waals surface area contributed by atoms with Gasteiger partial charge in [-0.2, -0.15) is 0 Å². The Morgan fingerprint density at radius 1 is 0.912 bits per heavy atom. The Balaban J connectivity index is 1.82. The zero-order valence-electron chi connectivity index (χ0n) is 19.6. The molecule has 3 heterocycles. The number of carbonyl (C=O) groups is 1. The van der Waals surface area contributed by atoms with E-state index >= 15 is 0 Å². The van der Waals surface area contributed by atoms with Gasteiger partial charge in [0.15, 0.2) is 16.9 Å². The Hall–Kier alpha value is -4.13. The van der Waals surface area contributed by atoms with E-state index in [0.717, 1.165) is 16.7 Å². The van der Waals surface area contributed by atoms with Crippen LogP contribution in [0, 0.1) is 20.8 Å². The van der Waals surface area contributed by atoms with Crippen molar-refractivity contribution in [2.75, 3.05) is 19.1 Å². The number of nitrogens with zero attached hydrogens (tertiary/aromatic N) is 2.